The average molecular weight is 260 g/mol. The molecule has 1 aromatic carbocycles. The number of hydrazine groups is 1. The smallest absolute Gasteiger partial charge is 0.0281 e. The number of hydrogen-bond donors (Lipinski definition) is 2. The van der Waals surface area contributed by atoms with Crippen molar-refractivity contribution in [2.45, 2.75) is 63.8 Å². The number of nitrogens with one attached hydrogen (secondary N) is 1. The van der Waals surface area contributed by atoms with Crippen LogP contribution in [0.25, 0.3) is 0 Å². The first-order valence-electron chi connectivity index (χ1n) is 7.86. The first-order chi connectivity index (χ1) is 9.35. The molecule has 1 aromatic rings. The fourth-order valence-corrected chi connectivity index (χ4v) is 3.58. The SMILES string of the molecule is CCC(c1ccccc1)C(CC1CCCCC1)NN. The Hall–Kier alpha value is -0.860. The van der Waals surface area contributed by atoms with Crippen LogP contribution in [0.5, 0.6) is 0 Å². The lowest BCUT2D eigenvalue weighted by molar-refractivity contribution is 0.276. The van der Waals surface area contributed by atoms with Crippen molar-refractivity contribution in [2.24, 2.45) is 11.8 Å². The minimum Gasteiger partial charge on any atom is -0.271 e. The van der Waals surface area contributed by atoms with Gasteiger partial charge in [0.05, 0.1) is 0 Å². The Balaban J connectivity index is 2.01. The van der Waals surface area contributed by atoms with Crippen molar-refractivity contribution >= 4 is 0 Å². The molecule has 1 aliphatic carbocycles. The lowest BCUT2D eigenvalue weighted by Gasteiger charge is -2.31. The van der Waals surface area contributed by atoms with Crippen LogP contribution in [0.2, 0.25) is 0 Å². The zero-order valence-corrected chi connectivity index (χ0v) is 12.1. The molecule has 0 aliphatic heterocycles. The van der Waals surface area contributed by atoms with Gasteiger partial charge in [-0.15, -0.1) is 0 Å². The van der Waals surface area contributed by atoms with Gasteiger partial charge in [0, 0.05) is 12.0 Å². The molecule has 0 spiro atoms. The van der Waals surface area contributed by atoms with E-state index in [4.69, 9.17) is 5.84 Å². The maximum absolute atomic E-state index is 5.85. The average Bonchev–Trinajstić information content (AvgIpc) is 2.49. The van der Waals surface area contributed by atoms with Crippen molar-refractivity contribution in [3.8, 4) is 0 Å². The van der Waals surface area contributed by atoms with Crippen molar-refractivity contribution in [1.82, 2.24) is 5.43 Å². The van der Waals surface area contributed by atoms with E-state index in [2.05, 4.69) is 42.7 Å². The van der Waals surface area contributed by atoms with Crippen molar-refractivity contribution in [3.63, 3.8) is 0 Å². The fourth-order valence-electron chi connectivity index (χ4n) is 3.58. The van der Waals surface area contributed by atoms with Crippen molar-refractivity contribution < 1.29 is 0 Å². The normalized spacial score (nSPS) is 20.1. The van der Waals surface area contributed by atoms with Gasteiger partial charge in [-0.05, 0) is 24.3 Å². The van der Waals surface area contributed by atoms with Gasteiger partial charge in [-0.3, -0.25) is 11.3 Å². The molecular formula is C17H28N2. The minimum atomic E-state index is 0.412. The molecule has 0 bridgehead atoms. The summed E-state index contributed by atoms with van der Waals surface area (Å²) in [6.45, 7) is 2.27. The molecular weight excluding hydrogens is 232 g/mol. The summed E-state index contributed by atoms with van der Waals surface area (Å²) in [6.07, 6.45) is 9.39. The third kappa shape index (κ3) is 4.05. The van der Waals surface area contributed by atoms with Gasteiger partial charge in [0.2, 0.25) is 0 Å². The Morgan fingerprint density at radius 1 is 1.16 bits per heavy atom. The van der Waals surface area contributed by atoms with E-state index < -0.39 is 0 Å². The fraction of sp³-hybridized carbons (Fsp3) is 0.647. The molecule has 0 saturated heterocycles. The molecule has 0 radical (unpaired) electrons. The molecule has 0 aromatic heterocycles. The van der Waals surface area contributed by atoms with Gasteiger partial charge < -0.3 is 0 Å². The Morgan fingerprint density at radius 3 is 2.42 bits per heavy atom. The predicted molar refractivity (Wildman–Crippen MR) is 81.8 cm³/mol. The lowest BCUT2D eigenvalue weighted by Crippen LogP contribution is -2.41. The minimum absolute atomic E-state index is 0.412. The molecule has 2 unspecified atom stereocenters. The van der Waals surface area contributed by atoms with Gasteiger partial charge in [0.25, 0.3) is 0 Å². The summed E-state index contributed by atoms with van der Waals surface area (Å²) in [7, 11) is 0. The highest BCUT2D eigenvalue weighted by atomic mass is 15.2. The van der Waals surface area contributed by atoms with E-state index >= 15 is 0 Å². The number of benzene rings is 1. The summed E-state index contributed by atoms with van der Waals surface area (Å²) in [5.41, 5.74) is 4.52. The molecule has 0 heterocycles. The van der Waals surface area contributed by atoms with Gasteiger partial charge in [-0.1, -0.05) is 69.4 Å². The Labute approximate surface area is 117 Å². The van der Waals surface area contributed by atoms with Crippen LogP contribution in [-0.4, -0.2) is 6.04 Å². The van der Waals surface area contributed by atoms with Gasteiger partial charge in [-0.25, -0.2) is 0 Å². The van der Waals surface area contributed by atoms with E-state index in [0.717, 1.165) is 12.3 Å². The molecule has 1 aliphatic rings. The Kier molecular flexibility index (Phi) is 5.87. The first kappa shape index (κ1) is 14.5. The molecule has 3 N–H and O–H groups in total. The van der Waals surface area contributed by atoms with Crippen LogP contribution in [0, 0.1) is 5.92 Å². The quantitative estimate of drug-likeness (QED) is 0.599. The summed E-state index contributed by atoms with van der Waals surface area (Å²) in [4.78, 5) is 0. The highest BCUT2D eigenvalue weighted by Crippen LogP contribution is 2.32. The number of hydrogen-bond acceptors (Lipinski definition) is 2. The zero-order valence-electron chi connectivity index (χ0n) is 12.1. The maximum Gasteiger partial charge on any atom is 0.0281 e. The van der Waals surface area contributed by atoms with Crippen LogP contribution in [0.4, 0.5) is 0 Å². The summed E-state index contributed by atoms with van der Waals surface area (Å²) in [5, 5.41) is 0. The first-order valence-corrected chi connectivity index (χ1v) is 7.86. The molecule has 2 heteroatoms. The maximum atomic E-state index is 5.85. The second-order valence-electron chi connectivity index (χ2n) is 5.94. The van der Waals surface area contributed by atoms with Crippen LogP contribution >= 0.6 is 0 Å². The van der Waals surface area contributed by atoms with Crippen LogP contribution in [-0.2, 0) is 0 Å². The summed E-state index contributed by atoms with van der Waals surface area (Å²) in [5.74, 6) is 7.26. The van der Waals surface area contributed by atoms with E-state index in [1.54, 1.807) is 0 Å². The van der Waals surface area contributed by atoms with E-state index in [0.29, 0.717) is 12.0 Å². The number of nitrogens with two attached hydrogens (primary N) is 1. The molecule has 19 heavy (non-hydrogen) atoms. The van der Waals surface area contributed by atoms with Crippen LogP contribution in [0.3, 0.4) is 0 Å². The highest BCUT2D eigenvalue weighted by Gasteiger charge is 2.25. The van der Waals surface area contributed by atoms with E-state index in [-0.39, 0.29) is 0 Å². The molecule has 2 atom stereocenters. The van der Waals surface area contributed by atoms with Crippen molar-refractivity contribution in [2.75, 3.05) is 0 Å². The molecule has 1 saturated carbocycles. The van der Waals surface area contributed by atoms with Gasteiger partial charge in [0.1, 0.15) is 0 Å². The molecule has 106 valence electrons. The molecule has 2 rings (SSSR count). The van der Waals surface area contributed by atoms with Gasteiger partial charge >= 0.3 is 0 Å². The van der Waals surface area contributed by atoms with Gasteiger partial charge in [0.15, 0.2) is 0 Å². The molecule has 2 nitrogen and oxygen atoms in total. The predicted octanol–water partition coefficient (Wildman–Crippen LogP) is 3.98. The van der Waals surface area contributed by atoms with E-state index in [1.165, 1.54) is 44.1 Å². The lowest BCUT2D eigenvalue weighted by atomic mass is 9.79. The van der Waals surface area contributed by atoms with E-state index in [1.807, 2.05) is 0 Å². The summed E-state index contributed by atoms with van der Waals surface area (Å²) >= 11 is 0. The van der Waals surface area contributed by atoms with Crippen molar-refractivity contribution in [1.29, 1.82) is 0 Å². The Bertz CT molecular complexity index is 344. The monoisotopic (exact) mass is 260 g/mol. The highest BCUT2D eigenvalue weighted by molar-refractivity contribution is 5.21. The molecule has 0 amide bonds. The zero-order chi connectivity index (χ0) is 13.5. The summed E-state index contributed by atoms with van der Waals surface area (Å²) < 4.78 is 0. The number of rotatable bonds is 6. The summed E-state index contributed by atoms with van der Waals surface area (Å²) in [6, 6.07) is 11.2. The second kappa shape index (κ2) is 7.66. The topological polar surface area (TPSA) is 38.0 Å². The standard InChI is InChI=1S/C17H28N2/c1-2-16(15-11-7-4-8-12-15)17(19-18)13-14-9-5-3-6-10-14/h4,7-8,11-12,14,16-17,19H,2-3,5-6,9-10,13,18H2,1H3. The van der Waals surface area contributed by atoms with Crippen LogP contribution in [0.1, 0.15) is 63.4 Å². The third-order valence-corrected chi connectivity index (χ3v) is 4.68. The van der Waals surface area contributed by atoms with E-state index in [9.17, 15) is 0 Å². The van der Waals surface area contributed by atoms with Crippen LogP contribution in [0.15, 0.2) is 30.3 Å². The molecule has 1 fully saturated rings. The second-order valence-corrected chi connectivity index (χ2v) is 5.94. The third-order valence-electron chi connectivity index (χ3n) is 4.68. The van der Waals surface area contributed by atoms with Gasteiger partial charge in [-0.2, -0.15) is 0 Å². The van der Waals surface area contributed by atoms with Crippen LogP contribution < -0.4 is 11.3 Å². The largest absolute Gasteiger partial charge is 0.271 e. The van der Waals surface area contributed by atoms with Crippen molar-refractivity contribution in [3.05, 3.63) is 35.9 Å². The Morgan fingerprint density at radius 2 is 1.84 bits per heavy atom.